The molecule has 0 saturated carbocycles. The molecule has 0 bridgehead atoms. The number of carbonyl (C=O) groups is 4. The van der Waals surface area contributed by atoms with E-state index in [1.54, 1.807) is 0 Å². The van der Waals surface area contributed by atoms with Crippen LogP contribution >= 0.6 is 0 Å². The van der Waals surface area contributed by atoms with E-state index < -0.39 is 10.8 Å². The van der Waals surface area contributed by atoms with Crippen LogP contribution in [0.3, 0.4) is 0 Å². The summed E-state index contributed by atoms with van der Waals surface area (Å²) < 4.78 is 0. The molecule has 0 spiro atoms. The molecule has 0 aliphatic heterocycles. The molecule has 1 N–H and O–H groups in total. The lowest BCUT2D eigenvalue weighted by molar-refractivity contribution is -0.129. The number of Topliss-reactive ketones (excluding diaryl/α,β-unsaturated/α-hetero) is 3. The van der Waals surface area contributed by atoms with Crippen LogP contribution < -0.4 is 5.32 Å². The van der Waals surface area contributed by atoms with E-state index in [2.05, 4.69) is 5.32 Å². The second kappa shape index (κ2) is 9.70. The maximum Gasteiger partial charge on any atom is 0.220 e. The Morgan fingerprint density at radius 2 is 1.12 bits per heavy atom. The highest BCUT2D eigenvalue weighted by molar-refractivity contribution is 5.89. The molecule has 5 nitrogen and oxygen atoms in total. The van der Waals surface area contributed by atoms with Gasteiger partial charge in [0.1, 0.15) is 17.3 Å². The van der Waals surface area contributed by atoms with Gasteiger partial charge in [0, 0.05) is 49.5 Å². The second-order valence-electron chi connectivity index (χ2n) is 8.34. The van der Waals surface area contributed by atoms with Crippen molar-refractivity contribution >= 4 is 23.3 Å². The highest BCUT2D eigenvalue weighted by atomic mass is 16.2. The second-order valence-corrected chi connectivity index (χ2v) is 8.34. The Labute approximate surface area is 146 Å². The monoisotopic (exact) mass is 339 g/mol. The minimum atomic E-state index is -0.419. The van der Waals surface area contributed by atoms with E-state index in [0.29, 0.717) is 19.4 Å². The fourth-order valence-electron chi connectivity index (χ4n) is 1.96. The number of carbonyl (C=O) groups excluding carboxylic acids is 4. The lowest BCUT2D eigenvalue weighted by Crippen LogP contribution is -2.27. The Morgan fingerprint density at radius 3 is 1.58 bits per heavy atom. The van der Waals surface area contributed by atoms with Crippen molar-refractivity contribution in [1.82, 2.24) is 5.32 Å². The summed E-state index contributed by atoms with van der Waals surface area (Å²) in [5.41, 5.74) is -0.823. The molecule has 5 heteroatoms. The normalized spacial score (nSPS) is 11.9. The first-order valence-electron chi connectivity index (χ1n) is 8.69. The van der Waals surface area contributed by atoms with Crippen LogP contribution in [0.1, 0.15) is 80.1 Å². The number of nitrogens with one attached hydrogen (secondary N) is 1. The van der Waals surface area contributed by atoms with E-state index >= 15 is 0 Å². The topological polar surface area (TPSA) is 80.3 Å². The molecule has 0 radical (unpaired) electrons. The molecule has 0 aromatic heterocycles. The van der Waals surface area contributed by atoms with Gasteiger partial charge in [0.2, 0.25) is 5.91 Å². The molecule has 138 valence electrons. The Kier molecular flexibility index (Phi) is 9.08. The smallest absolute Gasteiger partial charge is 0.220 e. The van der Waals surface area contributed by atoms with E-state index in [0.717, 1.165) is 0 Å². The summed E-state index contributed by atoms with van der Waals surface area (Å²) in [4.78, 5) is 46.9. The Morgan fingerprint density at radius 1 is 0.667 bits per heavy atom. The fourth-order valence-corrected chi connectivity index (χ4v) is 1.96. The Hall–Kier alpha value is -1.52. The van der Waals surface area contributed by atoms with Crippen LogP contribution in [0.4, 0.5) is 0 Å². The van der Waals surface area contributed by atoms with Crippen LogP contribution in [-0.2, 0) is 19.2 Å². The average molecular weight is 339 g/mol. The third kappa shape index (κ3) is 10.3. The van der Waals surface area contributed by atoms with Crippen molar-refractivity contribution in [3.05, 3.63) is 0 Å². The van der Waals surface area contributed by atoms with E-state index in [9.17, 15) is 19.2 Å². The molecule has 0 unspecified atom stereocenters. The Balaban J connectivity index is 3.82. The van der Waals surface area contributed by atoms with Crippen LogP contribution in [0.5, 0.6) is 0 Å². The number of amides is 1. The van der Waals surface area contributed by atoms with E-state index in [1.807, 2.05) is 41.5 Å². The summed E-state index contributed by atoms with van der Waals surface area (Å²) in [7, 11) is 0. The summed E-state index contributed by atoms with van der Waals surface area (Å²) in [6.07, 6.45) is 1.89. The van der Waals surface area contributed by atoms with Crippen molar-refractivity contribution in [3.63, 3.8) is 0 Å². The van der Waals surface area contributed by atoms with Gasteiger partial charge in [-0.05, 0) is 6.42 Å². The lowest BCUT2D eigenvalue weighted by Gasteiger charge is -2.16. The molecule has 0 fully saturated rings. The van der Waals surface area contributed by atoms with Crippen molar-refractivity contribution in [2.75, 3.05) is 6.54 Å². The third-order valence-electron chi connectivity index (χ3n) is 3.84. The summed E-state index contributed by atoms with van der Waals surface area (Å²) in [6, 6.07) is 0. The standard InChI is InChI=1S/C19H33NO4/c1-18(2,3)15(22)10-9-14(21)8-7-13-20-17(24)12-11-16(23)19(4,5)6/h7-13H2,1-6H3,(H,20,24). The number of rotatable bonds is 10. The predicted molar refractivity (Wildman–Crippen MR) is 94.6 cm³/mol. The van der Waals surface area contributed by atoms with E-state index in [-0.39, 0.29) is 48.9 Å². The highest BCUT2D eigenvalue weighted by Gasteiger charge is 2.22. The summed E-state index contributed by atoms with van der Waals surface area (Å²) in [6.45, 7) is 11.5. The zero-order valence-electron chi connectivity index (χ0n) is 16.1. The van der Waals surface area contributed by atoms with Gasteiger partial charge < -0.3 is 5.32 Å². The molecule has 0 rings (SSSR count). The van der Waals surface area contributed by atoms with Crippen LogP contribution in [-0.4, -0.2) is 29.8 Å². The zero-order valence-corrected chi connectivity index (χ0v) is 16.1. The van der Waals surface area contributed by atoms with Gasteiger partial charge in [-0.1, -0.05) is 41.5 Å². The molecule has 24 heavy (non-hydrogen) atoms. The zero-order chi connectivity index (χ0) is 19.0. The van der Waals surface area contributed by atoms with E-state index in [4.69, 9.17) is 0 Å². The van der Waals surface area contributed by atoms with Gasteiger partial charge in [-0.15, -0.1) is 0 Å². The largest absolute Gasteiger partial charge is 0.356 e. The third-order valence-corrected chi connectivity index (χ3v) is 3.84. The molecule has 0 aliphatic rings. The molecule has 1 amide bonds. The summed E-state index contributed by atoms with van der Waals surface area (Å²) >= 11 is 0. The maximum absolute atomic E-state index is 11.7. The minimum Gasteiger partial charge on any atom is -0.356 e. The molecule has 0 atom stereocenters. The van der Waals surface area contributed by atoms with Crippen molar-refractivity contribution in [1.29, 1.82) is 0 Å². The quantitative estimate of drug-likeness (QED) is 0.620. The van der Waals surface area contributed by atoms with E-state index in [1.165, 1.54) is 0 Å². The van der Waals surface area contributed by atoms with Crippen LogP contribution in [0.2, 0.25) is 0 Å². The number of ketones is 3. The van der Waals surface area contributed by atoms with Gasteiger partial charge in [0.25, 0.3) is 0 Å². The summed E-state index contributed by atoms with van der Waals surface area (Å²) in [5, 5.41) is 2.72. The first-order valence-corrected chi connectivity index (χ1v) is 8.69. The number of hydrogen-bond donors (Lipinski definition) is 1. The molecular formula is C19H33NO4. The van der Waals surface area contributed by atoms with Crippen molar-refractivity contribution in [2.24, 2.45) is 10.8 Å². The minimum absolute atomic E-state index is 0.0461. The van der Waals surface area contributed by atoms with Gasteiger partial charge >= 0.3 is 0 Å². The molecular weight excluding hydrogens is 306 g/mol. The SMILES string of the molecule is CC(C)(C)C(=O)CCC(=O)CCCNC(=O)CCC(=O)C(C)(C)C. The van der Waals surface area contributed by atoms with Crippen LogP contribution in [0.25, 0.3) is 0 Å². The van der Waals surface area contributed by atoms with Gasteiger partial charge in [-0.2, -0.15) is 0 Å². The Bertz CT molecular complexity index is 423. The lowest BCUT2D eigenvalue weighted by atomic mass is 9.87. The molecule has 0 saturated heterocycles. The van der Waals surface area contributed by atoms with Gasteiger partial charge in [-0.3, -0.25) is 19.2 Å². The van der Waals surface area contributed by atoms with Crippen LogP contribution in [0, 0.1) is 10.8 Å². The van der Waals surface area contributed by atoms with Crippen molar-refractivity contribution < 1.29 is 19.2 Å². The van der Waals surface area contributed by atoms with Gasteiger partial charge in [0.05, 0.1) is 0 Å². The summed E-state index contributed by atoms with van der Waals surface area (Å²) in [5.74, 6) is 0.0386. The van der Waals surface area contributed by atoms with Crippen LogP contribution in [0.15, 0.2) is 0 Å². The predicted octanol–water partition coefficient (Wildman–Crippen LogP) is 3.24. The maximum atomic E-state index is 11.7. The first-order chi connectivity index (χ1) is 10.8. The molecule has 0 aliphatic carbocycles. The van der Waals surface area contributed by atoms with Crippen molar-refractivity contribution in [3.8, 4) is 0 Å². The molecule has 0 aromatic rings. The fraction of sp³-hybridized carbons (Fsp3) is 0.789. The molecule has 0 heterocycles. The molecule has 0 aromatic carbocycles. The number of hydrogen-bond acceptors (Lipinski definition) is 4. The van der Waals surface area contributed by atoms with Gasteiger partial charge in [0.15, 0.2) is 0 Å². The first kappa shape index (κ1) is 22.5. The highest BCUT2D eigenvalue weighted by Crippen LogP contribution is 2.18. The van der Waals surface area contributed by atoms with Gasteiger partial charge in [-0.25, -0.2) is 0 Å². The average Bonchev–Trinajstić information content (AvgIpc) is 2.44. The van der Waals surface area contributed by atoms with Crippen molar-refractivity contribution in [2.45, 2.75) is 80.1 Å².